The minimum atomic E-state index is 0.550. The molecule has 2 atom stereocenters. The number of allylic oxidation sites excluding steroid dienone is 14. The molecule has 0 fully saturated rings. The molecule has 0 nitrogen and oxygen atoms in total. The highest BCUT2D eigenvalue weighted by atomic mass is 14.4. The van der Waals surface area contributed by atoms with Gasteiger partial charge in [-0.05, 0) is 47.3 Å². The first-order valence-corrected chi connectivity index (χ1v) is 6.63. The van der Waals surface area contributed by atoms with Crippen LogP contribution in [0.2, 0.25) is 0 Å². The van der Waals surface area contributed by atoms with Crippen molar-refractivity contribution >= 4 is 0 Å². The fraction of sp³-hybridized carbons (Fsp3) is 0.222. The molecule has 0 aliphatic heterocycles. The summed E-state index contributed by atoms with van der Waals surface area (Å²) in [6, 6.07) is 0. The lowest BCUT2D eigenvalue weighted by Gasteiger charge is -2.42. The molecule has 4 rings (SSSR count). The summed E-state index contributed by atoms with van der Waals surface area (Å²) in [5.41, 5.74) is 8.83. The molecule has 4 aliphatic rings. The molecule has 0 amide bonds. The second-order valence-corrected chi connectivity index (χ2v) is 5.57. The molecule has 0 saturated heterocycles. The van der Waals surface area contributed by atoms with Crippen molar-refractivity contribution in [2.75, 3.05) is 0 Å². The maximum Gasteiger partial charge on any atom is 0.0204 e. The Kier molecular flexibility index (Phi) is 1.89. The Bertz CT molecular complexity index is 654. The van der Waals surface area contributed by atoms with Crippen LogP contribution in [-0.2, 0) is 0 Å². The van der Waals surface area contributed by atoms with Crippen LogP contribution in [0.1, 0.15) is 13.8 Å². The summed E-state index contributed by atoms with van der Waals surface area (Å²) in [7, 11) is 0. The Labute approximate surface area is 108 Å². The topological polar surface area (TPSA) is 0 Å². The molecule has 2 unspecified atom stereocenters. The van der Waals surface area contributed by atoms with Gasteiger partial charge in [-0.25, -0.2) is 0 Å². The van der Waals surface area contributed by atoms with Crippen molar-refractivity contribution in [2.24, 2.45) is 11.8 Å². The van der Waals surface area contributed by atoms with Gasteiger partial charge in [-0.1, -0.05) is 48.6 Å². The van der Waals surface area contributed by atoms with E-state index in [2.05, 4.69) is 62.5 Å². The maximum atomic E-state index is 2.37. The highest BCUT2D eigenvalue weighted by Gasteiger charge is 2.39. The van der Waals surface area contributed by atoms with Crippen molar-refractivity contribution in [2.45, 2.75) is 13.8 Å². The highest BCUT2D eigenvalue weighted by Crippen LogP contribution is 2.51. The van der Waals surface area contributed by atoms with Gasteiger partial charge in [0, 0.05) is 11.8 Å². The first kappa shape index (κ1) is 10.1. The van der Waals surface area contributed by atoms with Crippen LogP contribution in [0.25, 0.3) is 0 Å². The predicted molar refractivity (Wildman–Crippen MR) is 76.0 cm³/mol. The maximum absolute atomic E-state index is 2.37. The molecule has 0 heterocycles. The van der Waals surface area contributed by atoms with Crippen molar-refractivity contribution in [3.63, 3.8) is 0 Å². The van der Waals surface area contributed by atoms with E-state index in [1.54, 1.807) is 5.57 Å². The average Bonchev–Trinajstić information content (AvgIpc) is 2.38. The molecule has 0 aromatic carbocycles. The van der Waals surface area contributed by atoms with Gasteiger partial charge in [0.15, 0.2) is 0 Å². The van der Waals surface area contributed by atoms with E-state index in [1.165, 1.54) is 27.9 Å². The van der Waals surface area contributed by atoms with Crippen molar-refractivity contribution in [1.29, 1.82) is 0 Å². The van der Waals surface area contributed by atoms with Crippen LogP contribution >= 0.6 is 0 Å². The average molecular weight is 232 g/mol. The van der Waals surface area contributed by atoms with Gasteiger partial charge in [0.25, 0.3) is 0 Å². The summed E-state index contributed by atoms with van der Waals surface area (Å²) in [5, 5.41) is 0. The van der Waals surface area contributed by atoms with E-state index in [-0.39, 0.29) is 0 Å². The Hall–Kier alpha value is -1.82. The van der Waals surface area contributed by atoms with E-state index >= 15 is 0 Å². The largest absolute Gasteiger partial charge is 0.0617 e. The Morgan fingerprint density at radius 3 is 2.39 bits per heavy atom. The first-order chi connectivity index (χ1) is 8.75. The van der Waals surface area contributed by atoms with Gasteiger partial charge < -0.3 is 0 Å². The summed E-state index contributed by atoms with van der Waals surface area (Å²) in [6.45, 7) is 4.49. The SMILES string of the molecule is CC1=CC2=CC=CC3=CC=C4C=CC(C)=C1C4C32. The van der Waals surface area contributed by atoms with Crippen LogP contribution in [0.4, 0.5) is 0 Å². The van der Waals surface area contributed by atoms with Crippen LogP contribution in [-0.4, -0.2) is 0 Å². The molecule has 88 valence electrons. The third kappa shape index (κ3) is 1.16. The van der Waals surface area contributed by atoms with Gasteiger partial charge >= 0.3 is 0 Å². The highest BCUT2D eigenvalue weighted by molar-refractivity contribution is 5.63. The molecule has 18 heavy (non-hydrogen) atoms. The standard InChI is InChI=1S/C18H16/c1-11-6-7-14-9-8-13-4-3-5-15-10-12(2)16(11)18(14)17(13)15/h3-10,17-18H,1-2H3. The lowest BCUT2D eigenvalue weighted by atomic mass is 9.62. The van der Waals surface area contributed by atoms with E-state index in [9.17, 15) is 0 Å². The molecule has 0 aromatic rings. The van der Waals surface area contributed by atoms with Gasteiger partial charge in [-0.2, -0.15) is 0 Å². The molecule has 0 N–H and O–H groups in total. The number of rotatable bonds is 0. The van der Waals surface area contributed by atoms with Crippen LogP contribution in [0.5, 0.6) is 0 Å². The van der Waals surface area contributed by atoms with Gasteiger partial charge in [-0.3, -0.25) is 0 Å². The normalized spacial score (nSPS) is 31.4. The second-order valence-electron chi connectivity index (χ2n) is 5.57. The zero-order chi connectivity index (χ0) is 12.3. The molecule has 0 bridgehead atoms. The van der Waals surface area contributed by atoms with Crippen LogP contribution in [0.15, 0.2) is 82.0 Å². The van der Waals surface area contributed by atoms with Crippen LogP contribution < -0.4 is 0 Å². The Balaban J connectivity index is 2.06. The monoisotopic (exact) mass is 232 g/mol. The van der Waals surface area contributed by atoms with Gasteiger partial charge in [-0.15, -0.1) is 0 Å². The Morgan fingerprint density at radius 2 is 1.56 bits per heavy atom. The van der Waals surface area contributed by atoms with E-state index < -0.39 is 0 Å². The van der Waals surface area contributed by atoms with Crippen molar-refractivity contribution < 1.29 is 0 Å². The summed E-state index contributed by atoms with van der Waals surface area (Å²) >= 11 is 0. The number of hydrogen-bond acceptors (Lipinski definition) is 0. The molecule has 0 saturated carbocycles. The van der Waals surface area contributed by atoms with Crippen molar-refractivity contribution in [3.8, 4) is 0 Å². The Morgan fingerprint density at radius 1 is 0.778 bits per heavy atom. The lowest BCUT2D eigenvalue weighted by molar-refractivity contribution is 0.552. The third-order valence-electron chi connectivity index (χ3n) is 4.53. The fourth-order valence-electron chi connectivity index (χ4n) is 3.77. The molecule has 0 aromatic heterocycles. The summed E-state index contributed by atoms with van der Waals surface area (Å²) in [5.74, 6) is 1.10. The van der Waals surface area contributed by atoms with E-state index in [1.807, 2.05) is 0 Å². The quantitative estimate of drug-likeness (QED) is 0.579. The molecule has 0 spiro atoms. The molecule has 0 radical (unpaired) electrons. The smallest absolute Gasteiger partial charge is 0.0204 e. The predicted octanol–water partition coefficient (Wildman–Crippen LogP) is 4.43. The molecule has 0 heteroatoms. The molecular formula is C18H16. The number of hydrogen-bond donors (Lipinski definition) is 0. The minimum Gasteiger partial charge on any atom is -0.0617 e. The summed E-state index contributed by atoms with van der Waals surface area (Å²) in [6.07, 6.45) is 18.2. The van der Waals surface area contributed by atoms with E-state index in [0.717, 1.165) is 0 Å². The van der Waals surface area contributed by atoms with Gasteiger partial charge in [0.2, 0.25) is 0 Å². The summed E-state index contributed by atoms with van der Waals surface area (Å²) in [4.78, 5) is 0. The van der Waals surface area contributed by atoms with Gasteiger partial charge in [0.1, 0.15) is 0 Å². The van der Waals surface area contributed by atoms with Crippen LogP contribution in [0.3, 0.4) is 0 Å². The lowest BCUT2D eigenvalue weighted by Crippen LogP contribution is -2.30. The molecular weight excluding hydrogens is 216 g/mol. The van der Waals surface area contributed by atoms with E-state index in [4.69, 9.17) is 0 Å². The fourth-order valence-corrected chi connectivity index (χ4v) is 3.77. The second kappa shape index (κ2) is 3.35. The zero-order valence-electron chi connectivity index (χ0n) is 10.8. The molecule has 4 aliphatic carbocycles. The minimum absolute atomic E-state index is 0.550. The zero-order valence-corrected chi connectivity index (χ0v) is 10.8. The van der Waals surface area contributed by atoms with Crippen molar-refractivity contribution in [1.82, 2.24) is 0 Å². The van der Waals surface area contributed by atoms with Crippen LogP contribution in [0, 0.1) is 11.8 Å². The summed E-state index contributed by atoms with van der Waals surface area (Å²) < 4.78 is 0. The van der Waals surface area contributed by atoms with E-state index in [0.29, 0.717) is 11.8 Å². The van der Waals surface area contributed by atoms with Crippen molar-refractivity contribution in [3.05, 3.63) is 82.0 Å². The third-order valence-corrected chi connectivity index (χ3v) is 4.53. The van der Waals surface area contributed by atoms with Gasteiger partial charge in [0.05, 0.1) is 0 Å². The first-order valence-electron chi connectivity index (χ1n) is 6.63.